The third kappa shape index (κ3) is 2.20. The zero-order valence-electron chi connectivity index (χ0n) is 10.2. The van der Waals surface area contributed by atoms with Gasteiger partial charge in [0.2, 0.25) is 0 Å². The molecule has 4 heteroatoms. The number of aryl methyl sites for hydroxylation is 1. The molecule has 3 rings (SSSR count). The van der Waals surface area contributed by atoms with Crippen LogP contribution < -0.4 is 5.32 Å². The largest absolute Gasteiger partial charge is 0.464 e. The predicted molar refractivity (Wildman–Crippen MR) is 65.8 cm³/mol. The maximum absolute atomic E-state index is 5.82. The fourth-order valence-corrected chi connectivity index (χ4v) is 2.11. The van der Waals surface area contributed by atoms with E-state index in [0.29, 0.717) is 12.5 Å². The van der Waals surface area contributed by atoms with E-state index in [-0.39, 0.29) is 0 Å². The zero-order valence-corrected chi connectivity index (χ0v) is 10.2. The molecule has 4 nitrogen and oxygen atoms in total. The fourth-order valence-electron chi connectivity index (χ4n) is 2.11. The highest BCUT2D eigenvalue weighted by atomic mass is 16.3. The first-order valence-electron chi connectivity index (χ1n) is 6.03. The van der Waals surface area contributed by atoms with Gasteiger partial charge in [0.25, 0.3) is 0 Å². The lowest BCUT2D eigenvalue weighted by Gasteiger charge is -1.99. The first kappa shape index (κ1) is 10.4. The minimum Gasteiger partial charge on any atom is -0.464 e. The molecule has 0 saturated heterocycles. The van der Waals surface area contributed by atoms with E-state index in [0.717, 1.165) is 23.1 Å². The van der Waals surface area contributed by atoms with Gasteiger partial charge >= 0.3 is 0 Å². The molecule has 0 aromatic carbocycles. The monoisotopic (exact) mass is 231 g/mol. The lowest BCUT2D eigenvalue weighted by Crippen LogP contribution is -1.96. The highest BCUT2D eigenvalue weighted by molar-refractivity contribution is 5.38. The summed E-state index contributed by atoms with van der Waals surface area (Å²) in [5, 5.41) is 7.39. The molecule has 0 bridgehead atoms. The van der Waals surface area contributed by atoms with Crippen LogP contribution in [-0.4, -0.2) is 9.78 Å². The van der Waals surface area contributed by atoms with Crippen LogP contribution in [0.25, 0.3) is 0 Å². The molecule has 0 radical (unpaired) electrons. The summed E-state index contributed by atoms with van der Waals surface area (Å²) in [5.74, 6) is 3.57. The van der Waals surface area contributed by atoms with Gasteiger partial charge in [-0.25, -0.2) is 0 Å². The molecule has 90 valence electrons. The van der Waals surface area contributed by atoms with E-state index in [4.69, 9.17) is 4.42 Å². The van der Waals surface area contributed by atoms with E-state index in [1.165, 1.54) is 6.42 Å². The van der Waals surface area contributed by atoms with Crippen molar-refractivity contribution in [3.63, 3.8) is 0 Å². The predicted octanol–water partition coefficient (Wildman–Crippen LogP) is 2.75. The van der Waals surface area contributed by atoms with E-state index < -0.39 is 0 Å². The smallest absolute Gasteiger partial charge is 0.123 e. The van der Waals surface area contributed by atoms with Gasteiger partial charge in [0.1, 0.15) is 11.5 Å². The molecule has 2 heterocycles. The van der Waals surface area contributed by atoms with Gasteiger partial charge in [0, 0.05) is 19.2 Å². The second kappa shape index (κ2) is 3.95. The molecule has 17 heavy (non-hydrogen) atoms. The van der Waals surface area contributed by atoms with Crippen LogP contribution in [0.1, 0.15) is 30.8 Å². The quantitative estimate of drug-likeness (QED) is 0.879. The molecule has 0 amide bonds. The standard InChI is InChI=1S/C13H17N3O/c1-9-5-12(9)13-4-3-11(17-13)7-14-10-6-15-16(2)8-10/h3-4,6,8-9,12,14H,5,7H2,1-2H3. The third-order valence-electron chi connectivity index (χ3n) is 3.33. The van der Waals surface area contributed by atoms with Crippen LogP contribution in [0, 0.1) is 5.92 Å². The molecule has 2 aromatic heterocycles. The molecule has 1 aliphatic rings. The number of nitrogens with zero attached hydrogens (tertiary/aromatic N) is 2. The highest BCUT2D eigenvalue weighted by Crippen LogP contribution is 2.47. The molecular weight excluding hydrogens is 214 g/mol. The van der Waals surface area contributed by atoms with Crippen molar-refractivity contribution in [2.75, 3.05) is 5.32 Å². The van der Waals surface area contributed by atoms with E-state index >= 15 is 0 Å². The molecule has 1 saturated carbocycles. The Hall–Kier alpha value is -1.71. The lowest BCUT2D eigenvalue weighted by molar-refractivity contribution is 0.468. The van der Waals surface area contributed by atoms with Crippen LogP contribution >= 0.6 is 0 Å². The second-order valence-corrected chi connectivity index (χ2v) is 4.88. The van der Waals surface area contributed by atoms with Crippen molar-refractivity contribution in [2.45, 2.75) is 25.8 Å². The van der Waals surface area contributed by atoms with E-state index in [2.05, 4.69) is 29.5 Å². The molecular formula is C13H17N3O. The van der Waals surface area contributed by atoms with Crippen molar-refractivity contribution in [2.24, 2.45) is 13.0 Å². The molecule has 0 aliphatic heterocycles. The normalized spacial score (nSPS) is 22.7. The first-order valence-corrected chi connectivity index (χ1v) is 6.03. The van der Waals surface area contributed by atoms with Crippen LogP contribution in [-0.2, 0) is 13.6 Å². The summed E-state index contributed by atoms with van der Waals surface area (Å²) in [6, 6.07) is 4.16. The summed E-state index contributed by atoms with van der Waals surface area (Å²) in [5.41, 5.74) is 1.02. The molecule has 1 aliphatic carbocycles. The summed E-state index contributed by atoms with van der Waals surface area (Å²) in [7, 11) is 1.91. The Kier molecular flexibility index (Phi) is 2.42. The van der Waals surface area contributed by atoms with Crippen LogP contribution in [0.4, 0.5) is 5.69 Å². The molecule has 1 fully saturated rings. The Morgan fingerprint density at radius 1 is 1.53 bits per heavy atom. The fraction of sp³-hybridized carbons (Fsp3) is 0.462. The van der Waals surface area contributed by atoms with Crippen LogP contribution in [0.2, 0.25) is 0 Å². The lowest BCUT2D eigenvalue weighted by atomic mass is 10.3. The molecule has 2 atom stereocenters. The van der Waals surface area contributed by atoms with Gasteiger partial charge in [-0.05, 0) is 24.5 Å². The highest BCUT2D eigenvalue weighted by Gasteiger charge is 2.36. The molecule has 0 spiro atoms. The number of anilines is 1. The molecule has 2 aromatic rings. The van der Waals surface area contributed by atoms with Crippen molar-refractivity contribution < 1.29 is 4.42 Å². The van der Waals surface area contributed by atoms with Crippen molar-refractivity contribution in [1.29, 1.82) is 0 Å². The van der Waals surface area contributed by atoms with Crippen LogP contribution in [0.15, 0.2) is 28.9 Å². The second-order valence-electron chi connectivity index (χ2n) is 4.88. The van der Waals surface area contributed by atoms with Gasteiger partial charge in [-0.2, -0.15) is 5.10 Å². The van der Waals surface area contributed by atoms with Crippen LogP contribution in [0.5, 0.6) is 0 Å². The topological polar surface area (TPSA) is 43.0 Å². The summed E-state index contributed by atoms with van der Waals surface area (Å²) in [6.07, 6.45) is 5.03. The molecule has 1 N–H and O–H groups in total. The number of aromatic nitrogens is 2. The Bertz CT molecular complexity index is 514. The van der Waals surface area contributed by atoms with Gasteiger partial charge in [0.15, 0.2) is 0 Å². The number of hydrogen-bond donors (Lipinski definition) is 1. The average molecular weight is 231 g/mol. The molecule has 2 unspecified atom stereocenters. The summed E-state index contributed by atoms with van der Waals surface area (Å²) >= 11 is 0. The zero-order chi connectivity index (χ0) is 11.8. The van der Waals surface area contributed by atoms with Crippen molar-refractivity contribution in [3.8, 4) is 0 Å². The number of hydrogen-bond acceptors (Lipinski definition) is 3. The van der Waals surface area contributed by atoms with E-state index in [1.807, 2.05) is 19.4 Å². The Morgan fingerprint density at radius 2 is 2.35 bits per heavy atom. The third-order valence-corrected chi connectivity index (χ3v) is 3.33. The Morgan fingerprint density at radius 3 is 3.00 bits per heavy atom. The van der Waals surface area contributed by atoms with Gasteiger partial charge in [-0.15, -0.1) is 0 Å². The Balaban J connectivity index is 1.60. The minimum absolute atomic E-state index is 0.655. The summed E-state index contributed by atoms with van der Waals surface area (Å²) < 4.78 is 7.60. The van der Waals surface area contributed by atoms with Crippen molar-refractivity contribution in [3.05, 3.63) is 36.0 Å². The SMILES string of the molecule is CC1CC1c1ccc(CNc2cnn(C)c2)o1. The summed E-state index contributed by atoms with van der Waals surface area (Å²) in [4.78, 5) is 0. The van der Waals surface area contributed by atoms with E-state index in [9.17, 15) is 0 Å². The minimum atomic E-state index is 0.655. The maximum Gasteiger partial charge on any atom is 0.123 e. The number of rotatable bonds is 4. The number of furan rings is 1. The van der Waals surface area contributed by atoms with E-state index in [1.54, 1.807) is 4.68 Å². The average Bonchev–Trinajstić information content (AvgIpc) is 2.76. The first-order chi connectivity index (χ1) is 8.22. The van der Waals surface area contributed by atoms with Gasteiger partial charge in [-0.3, -0.25) is 4.68 Å². The van der Waals surface area contributed by atoms with Gasteiger partial charge < -0.3 is 9.73 Å². The van der Waals surface area contributed by atoms with Gasteiger partial charge in [0.05, 0.1) is 18.4 Å². The van der Waals surface area contributed by atoms with Crippen molar-refractivity contribution in [1.82, 2.24) is 9.78 Å². The Labute approximate surface area is 101 Å². The van der Waals surface area contributed by atoms with Crippen LogP contribution in [0.3, 0.4) is 0 Å². The maximum atomic E-state index is 5.82. The van der Waals surface area contributed by atoms with Gasteiger partial charge in [-0.1, -0.05) is 6.92 Å². The van der Waals surface area contributed by atoms with Crippen molar-refractivity contribution >= 4 is 5.69 Å². The number of nitrogens with one attached hydrogen (secondary N) is 1. The summed E-state index contributed by atoms with van der Waals surface area (Å²) in [6.45, 7) is 2.98.